The molecule has 5 rings (SSSR count). The fourth-order valence-corrected chi connectivity index (χ4v) is 6.69. The zero-order chi connectivity index (χ0) is 27.6. The van der Waals surface area contributed by atoms with Crippen LogP contribution in [0.1, 0.15) is 25.5 Å². The highest BCUT2D eigenvalue weighted by Crippen LogP contribution is 2.55. The van der Waals surface area contributed by atoms with Crippen LogP contribution in [0.25, 0.3) is 11.4 Å². The number of urea groups is 1. The molecule has 3 aromatic rings. The van der Waals surface area contributed by atoms with Gasteiger partial charge >= 0.3 is 6.03 Å². The molecule has 10 nitrogen and oxygen atoms in total. The van der Waals surface area contributed by atoms with Gasteiger partial charge in [0.1, 0.15) is 16.4 Å². The number of aromatic nitrogens is 2. The Balaban J connectivity index is 1.54. The van der Waals surface area contributed by atoms with Crippen LogP contribution >= 0.6 is 0 Å². The summed E-state index contributed by atoms with van der Waals surface area (Å²) in [4.78, 5) is 23.4. The van der Waals surface area contributed by atoms with E-state index in [4.69, 9.17) is 19.8 Å². The number of carbonyl (C=O) groups is 1. The van der Waals surface area contributed by atoms with Gasteiger partial charge in [-0.1, -0.05) is 6.07 Å². The highest BCUT2D eigenvalue weighted by atomic mass is 32.2. The minimum atomic E-state index is -3.94. The van der Waals surface area contributed by atoms with Crippen molar-refractivity contribution in [2.75, 3.05) is 43.1 Å². The van der Waals surface area contributed by atoms with Gasteiger partial charge in [0, 0.05) is 30.4 Å². The van der Waals surface area contributed by atoms with E-state index in [2.05, 4.69) is 15.5 Å². The molecule has 39 heavy (non-hydrogen) atoms. The molecule has 2 heterocycles. The Morgan fingerprint density at radius 1 is 1.18 bits per heavy atom. The summed E-state index contributed by atoms with van der Waals surface area (Å²) in [5.74, 6) is 0.326. The van der Waals surface area contributed by atoms with Crippen LogP contribution in [0.3, 0.4) is 0 Å². The van der Waals surface area contributed by atoms with Crippen LogP contribution in [0.4, 0.5) is 20.7 Å². The van der Waals surface area contributed by atoms with Gasteiger partial charge in [-0.25, -0.2) is 27.6 Å². The minimum absolute atomic E-state index is 0.0216. The van der Waals surface area contributed by atoms with Crippen molar-refractivity contribution in [1.29, 1.82) is 0 Å². The largest absolute Gasteiger partial charge is 0.395 e. The maximum absolute atomic E-state index is 14.0. The highest BCUT2D eigenvalue weighted by Gasteiger charge is 2.58. The number of morpholine rings is 1. The van der Waals surface area contributed by atoms with Gasteiger partial charge in [0.15, 0.2) is 15.7 Å². The molecule has 206 valence electrons. The number of rotatable bonds is 8. The molecule has 1 atom stereocenters. The number of ether oxygens (including phenoxy) is 1. The van der Waals surface area contributed by atoms with E-state index in [0.717, 1.165) is 6.07 Å². The van der Waals surface area contributed by atoms with E-state index < -0.39 is 26.4 Å². The first-order chi connectivity index (χ1) is 18.7. The summed E-state index contributed by atoms with van der Waals surface area (Å²) in [6.45, 7) is 3.60. The number of carbonyl (C=O) groups excluding carboxylic acids is 1. The smallest absolute Gasteiger partial charge is 0.319 e. The molecule has 2 amide bonds. The molecular formula is C27H30FN5O5S. The molecule has 1 aromatic heterocycles. The van der Waals surface area contributed by atoms with Gasteiger partial charge in [-0.3, -0.25) is 0 Å². The van der Waals surface area contributed by atoms with Crippen LogP contribution in [0.15, 0.2) is 59.5 Å². The SMILES string of the molecule is C[C@H]1COCCN1c1cc(C2(S(=O)(=O)c3cccc(F)c3)CC2)nc(-c2ccc(NC(=O)NCCO)cc2)n1. The second kappa shape index (κ2) is 10.9. The van der Waals surface area contributed by atoms with E-state index >= 15 is 0 Å². The Morgan fingerprint density at radius 2 is 1.95 bits per heavy atom. The standard InChI is InChI=1S/C27H30FN5O5S/c1-18-17-38-14-12-33(18)24-16-23(27(9-10-27)39(36,37)22-4-2-3-20(28)15-22)31-25(32-24)19-5-7-21(8-6-19)30-26(35)29-11-13-34/h2-8,15-16,18,34H,9-14,17H2,1H3,(H2,29,30,35)/t18-/m0/s1. The topological polar surface area (TPSA) is 134 Å². The highest BCUT2D eigenvalue weighted by molar-refractivity contribution is 7.92. The second-order valence-electron chi connectivity index (χ2n) is 9.69. The van der Waals surface area contributed by atoms with E-state index in [1.807, 2.05) is 6.92 Å². The number of hydrogen-bond donors (Lipinski definition) is 3. The van der Waals surface area contributed by atoms with Crippen molar-refractivity contribution in [2.45, 2.75) is 35.4 Å². The van der Waals surface area contributed by atoms with Gasteiger partial charge in [-0.15, -0.1) is 0 Å². The molecule has 0 radical (unpaired) electrons. The first-order valence-corrected chi connectivity index (χ1v) is 14.2. The number of amides is 2. The van der Waals surface area contributed by atoms with Crippen LogP contribution in [0, 0.1) is 5.82 Å². The average molecular weight is 556 g/mol. The fraction of sp³-hybridized carbons (Fsp3) is 0.370. The Kier molecular flexibility index (Phi) is 7.52. The molecule has 1 saturated carbocycles. The Labute approximate surface area is 226 Å². The predicted octanol–water partition coefficient (Wildman–Crippen LogP) is 3.08. The lowest BCUT2D eigenvalue weighted by molar-refractivity contribution is 0.0985. The van der Waals surface area contributed by atoms with Crippen LogP contribution in [-0.2, 0) is 19.3 Å². The van der Waals surface area contributed by atoms with E-state index in [1.165, 1.54) is 18.2 Å². The quantitative estimate of drug-likeness (QED) is 0.386. The number of nitrogens with one attached hydrogen (secondary N) is 2. The van der Waals surface area contributed by atoms with Crippen molar-refractivity contribution in [3.05, 3.63) is 66.1 Å². The lowest BCUT2D eigenvalue weighted by atomic mass is 10.1. The average Bonchev–Trinajstić information content (AvgIpc) is 3.75. The molecule has 2 fully saturated rings. The third-order valence-electron chi connectivity index (χ3n) is 6.96. The molecule has 2 aromatic carbocycles. The molecule has 1 aliphatic carbocycles. The molecular weight excluding hydrogens is 525 g/mol. The Bertz CT molecular complexity index is 1460. The molecule has 0 bridgehead atoms. The van der Waals surface area contributed by atoms with Gasteiger partial charge in [-0.2, -0.15) is 0 Å². The van der Waals surface area contributed by atoms with Gasteiger partial charge in [0.25, 0.3) is 0 Å². The minimum Gasteiger partial charge on any atom is -0.395 e. The zero-order valence-corrected chi connectivity index (χ0v) is 22.2. The summed E-state index contributed by atoms with van der Waals surface area (Å²) >= 11 is 0. The van der Waals surface area contributed by atoms with Crippen molar-refractivity contribution in [2.24, 2.45) is 0 Å². The second-order valence-corrected chi connectivity index (χ2v) is 11.9. The van der Waals surface area contributed by atoms with Crippen molar-refractivity contribution in [3.63, 3.8) is 0 Å². The van der Waals surface area contributed by atoms with E-state index in [9.17, 15) is 17.6 Å². The van der Waals surface area contributed by atoms with Gasteiger partial charge in [-0.05, 0) is 62.2 Å². The first-order valence-electron chi connectivity index (χ1n) is 12.7. The third-order valence-corrected chi connectivity index (χ3v) is 9.49. The summed E-state index contributed by atoms with van der Waals surface area (Å²) in [5.41, 5.74) is 1.54. The fourth-order valence-electron chi connectivity index (χ4n) is 4.69. The van der Waals surface area contributed by atoms with E-state index in [0.29, 0.717) is 61.2 Å². The molecule has 2 aliphatic rings. The molecule has 12 heteroatoms. The Morgan fingerprint density at radius 3 is 2.62 bits per heavy atom. The molecule has 0 unspecified atom stereocenters. The van der Waals surface area contributed by atoms with Crippen LogP contribution in [-0.4, -0.2) is 68.5 Å². The number of hydrogen-bond acceptors (Lipinski definition) is 8. The zero-order valence-electron chi connectivity index (χ0n) is 21.4. The van der Waals surface area contributed by atoms with Crippen molar-refractivity contribution >= 4 is 27.4 Å². The van der Waals surface area contributed by atoms with Gasteiger partial charge in [0.2, 0.25) is 0 Å². The maximum Gasteiger partial charge on any atom is 0.319 e. The first kappa shape index (κ1) is 27.0. The third kappa shape index (κ3) is 5.45. The lowest BCUT2D eigenvalue weighted by Crippen LogP contribution is -2.44. The van der Waals surface area contributed by atoms with E-state index in [-0.39, 0.29) is 24.1 Å². The number of aliphatic hydroxyl groups is 1. The maximum atomic E-state index is 14.0. The predicted molar refractivity (Wildman–Crippen MR) is 144 cm³/mol. The van der Waals surface area contributed by atoms with Gasteiger partial charge < -0.3 is 25.4 Å². The number of anilines is 2. The number of aliphatic hydroxyl groups excluding tert-OH is 1. The molecule has 0 spiro atoms. The number of sulfone groups is 1. The van der Waals surface area contributed by atoms with Crippen LogP contribution in [0.2, 0.25) is 0 Å². The summed E-state index contributed by atoms with van der Waals surface area (Å²) in [5, 5.41) is 14.1. The summed E-state index contributed by atoms with van der Waals surface area (Å²) < 4.78 is 45.8. The number of benzene rings is 2. The molecule has 3 N–H and O–H groups in total. The van der Waals surface area contributed by atoms with Crippen molar-refractivity contribution in [3.8, 4) is 11.4 Å². The summed E-state index contributed by atoms with van der Waals surface area (Å²) in [7, 11) is -3.94. The monoisotopic (exact) mass is 555 g/mol. The number of nitrogens with zero attached hydrogens (tertiary/aromatic N) is 3. The van der Waals surface area contributed by atoms with Crippen LogP contribution < -0.4 is 15.5 Å². The molecule has 1 aliphatic heterocycles. The summed E-state index contributed by atoms with van der Waals surface area (Å²) in [6, 6.07) is 13.2. The molecule has 1 saturated heterocycles. The lowest BCUT2D eigenvalue weighted by Gasteiger charge is -2.34. The summed E-state index contributed by atoms with van der Waals surface area (Å²) in [6.07, 6.45) is 0.735. The van der Waals surface area contributed by atoms with Crippen molar-refractivity contribution < 1.29 is 27.4 Å². The normalized spacial score (nSPS) is 18.4. The van der Waals surface area contributed by atoms with Crippen molar-refractivity contribution in [1.82, 2.24) is 15.3 Å². The Hall–Kier alpha value is -3.61. The van der Waals surface area contributed by atoms with Crippen LogP contribution in [0.5, 0.6) is 0 Å². The van der Waals surface area contributed by atoms with E-state index in [1.54, 1.807) is 30.3 Å². The number of halogens is 1. The van der Waals surface area contributed by atoms with Gasteiger partial charge in [0.05, 0.1) is 36.5 Å².